The Bertz CT molecular complexity index is 562. The molecule has 122 valence electrons. The lowest BCUT2D eigenvalue weighted by atomic mass is 10.1. The van der Waals surface area contributed by atoms with Crippen LogP contribution >= 0.6 is 11.3 Å². The van der Waals surface area contributed by atoms with E-state index in [1.54, 1.807) is 16.2 Å². The van der Waals surface area contributed by atoms with Gasteiger partial charge >= 0.3 is 0 Å². The summed E-state index contributed by atoms with van der Waals surface area (Å²) in [5, 5.41) is 0. The molecule has 2 amide bonds. The number of likely N-dealkylation sites (tertiary alicyclic amines) is 1. The van der Waals surface area contributed by atoms with E-state index in [0.717, 1.165) is 12.1 Å². The van der Waals surface area contributed by atoms with Crippen molar-refractivity contribution < 1.29 is 9.59 Å². The van der Waals surface area contributed by atoms with Crippen molar-refractivity contribution >= 4 is 23.2 Å². The van der Waals surface area contributed by atoms with Gasteiger partial charge in [0.1, 0.15) is 0 Å². The highest BCUT2D eigenvalue weighted by Crippen LogP contribution is 2.27. The van der Waals surface area contributed by atoms with Gasteiger partial charge < -0.3 is 9.80 Å². The zero-order chi connectivity index (χ0) is 16.5. The van der Waals surface area contributed by atoms with Crippen LogP contribution in [0.2, 0.25) is 0 Å². The Balaban J connectivity index is 1.91. The maximum absolute atomic E-state index is 12.5. The van der Waals surface area contributed by atoms with E-state index in [4.69, 9.17) is 0 Å². The van der Waals surface area contributed by atoms with Crippen molar-refractivity contribution in [2.45, 2.75) is 46.1 Å². The maximum atomic E-state index is 12.5. The number of likely N-dealkylation sites (N-methyl/N-ethyl adjacent to an activating group) is 1. The quantitative estimate of drug-likeness (QED) is 0.852. The molecule has 0 aromatic carbocycles. The molecule has 0 saturated carbocycles. The number of carbonyl (C=O) groups excluding carboxylic acids is 2. The van der Waals surface area contributed by atoms with Crippen LogP contribution in [-0.4, -0.2) is 52.3 Å². The molecule has 1 aliphatic rings. The molecule has 6 heteroatoms. The SMILES string of the molecule is Cc1ncsc1CCN(C)C(=O)C1CC(=O)N(C(C)(C)C)C1. The molecular weight excluding hydrogens is 298 g/mol. The van der Waals surface area contributed by atoms with Gasteiger partial charge in [0.2, 0.25) is 11.8 Å². The van der Waals surface area contributed by atoms with E-state index < -0.39 is 0 Å². The first kappa shape index (κ1) is 16.9. The third-order valence-electron chi connectivity index (χ3n) is 4.18. The maximum Gasteiger partial charge on any atom is 0.227 e. The first-order valence-electron chi connectivity index (χ1n) is 7.64. The number of aryl methyl sites for hydroxylation is 1. The molecule has 0 aliphatic carbocycles. The van der Waals surface area contributed by atoms with Crippen molar-refractivity contribution in [3.05, 3.63) is 16.1 Å². The van der Waals surface area contributed by atoms with Crippen LogP contribution in [0, 0.1) is 12.8 Å². The molecule has 2 rings (SSSR count). The number of aromatic nitrogens is 1. The van der Waals surface area contributed by atoms with Crippen LogP contribution in [0.5, 0.6) is 0 Å². The summed E-state index contributed by atoms with van der Waals surface area (Å²) in [4.78, 5) is 33.7. The number of nitrogens with zero attached hydrogens (tertiary/aromatic N) is 3. The Kier molecular flexibility index (Phi) is 4.90. The third-order valence-corrected chi connectivity index (χ3v) is 5.17. The highest BCUT2D eigenvalue weighted by Gasteiger charge is 2.40. The number of amides is 2. The van der Waals surface area contributed by atoms with Crippen molar-refractivity contribution in [2.24, 2.45) is 5.92 Å². The Morgan fingerprint density at radius 3 is 2.68 bits per heavy atom. The molecular formula is C16H25N3O2S. The van der Waals surface area contributed by atoms with Gasteiger partial charge in [-0.1, -0.05) is 0 Å². The van der Waals surface area contributed by atoms with Crippen molar-refractivity contribution in [3.8, 4) is 0 Å². The van der Waals surface area contributed by atoms with E-state index in [2.05, 4.69) is 4.98 Å². The molecule has 1 aliphatic heterocycles. The minimum Gasteiger partial charge on any atom is -0.345 e. The van der Waals surface area contributed by atoms with Crippen LogP contribution in [0.1, 0.15) is 37.8 Å². The fourth-order valence-electron chi connectivity index (χ4n) is 2.78. The minimum absolute atomic E-state index is 0.0715. The summed E-state index contributed by atoms with van der Waals surface area (Å²) in [6.45, 7) is 9.22. The summed E-state index contributed by atoms with van der Waals surface area (Å²) in [5.41, 5.74) is 2.66. The lowest BCUT2D eigenvalue weighted by Crippen LogP contribution is -2.43. The van der Waals surface area contributed by atoms with Gasteiger partial charge in [0.05, 0.1) is 17.1 Å². The van der Waals surface area contributed by atoms with E-state index in [0.29, 0.717) is 19.5 Å². The second-order valence-corrected chi connectivity index (χ2v) is 7.89. The fraction of sp³-hybridized carbons (Fsp3) is 0.688. The molecule has 1 fully saturated rings. The molecule has 1 aromatic heterocycles. The van der Waals surface area contributed by atoms with E-state index in [9.17, 15) is 9.59 Å². The van der Waals surface area contributed by atoms with Crippen LogP contribution in [0.3, 0.4) is 0 Å². The first-order valence-corrected chi connectivity index (χ1v) is 8.52. The lowest BCUT2D eigenvalue weighted by molar-refractivity contribution is -0.134. The number of hydrogen-bond donors (Lipinski definition) is 0. The minimum atomic E-state index is -0.218. The number of carbonyl (C=O) groups is 2. The molecule has 2 heterocycles. The molecule has 1 unspecified atom stereocenters. The normalized spacial score (nSPS) is 18.9. The van der Waals surface area contributed by atoms with Gasteiger partial charge in [-0.3, -0.25) is 9.59 Å². The summed E-state index contributed by atoms with van der Waals surface area (Å²) in [6, 6.07) is 0. The fourth-order valence-corrected chi connectivity index (χ4v) is 3.55. The molecule has 1 saturated heterocycles. The van der Waals surface area contributed by atoms with Crippen molar-refractivity contribution in [3.63, 3.8) is 0 Å². The van der Waals surface area contributed by atoms with Crippen LogP contribution < -0.4 is 0 Å². The van der Waals surface area contributed by atoms with Crippen LogP contribution in [0.4, 0.5) is 0 Å². The Morgan fingerprint density at radius 1 is 1.50 bits per heavy atom. The van der Waals surface area contributed by atoms with E-state index in [1.807, 2.05) is 45.2 Å². The molecule has 0 spiro atoms. The average molecular weight is 323 g/mol. The predicted molar refractivity (Wildman–Crippen MR) is 87.8 cm³/mol. The lowest BCUT2D eigenvalue weighted by Gasteiger charge is -2.32. The van der Waals surface area contributed by atoms with E-state index in [1.165, 1.54) is 4.88 Å². The topological polar surface area (TPSA) is 53.5 Å². The molecule has 0 bridgehead atoms. The van der Waals surface area contributed by atoms with Crippen LogP contribution in [-0.2, 0) is 16.0 Å². The molecule has 0 radical (unpaired) electrons. The summed E-state index contributed by atoms with van der Waals surface area (Å²) in [7, 11) is 1.82. The summed E-state index contributed by atoms with van der Waals surface area (Å²) >= 11 is 1.63. The second kappa shape index (κ2) is 6.36. The van der Waals surface area contributed by atoms with E-state index in [-0.39, 0.29) is 23.3 Å². The van der Waals surface area contributed by atoms with Gasteiger partial charge in [-0.2, -0.15) is 0 Å². The van der Waals surface area contributed by atoms with Crippen molar-refractivity contribution in [1.29, 1.82) is 0 Å². The van der Waals surface area contributed by atoms with Gasteiger partial charge in [0.25, 0.3) is 0 Å². The van der Waals surface area contributed by atoms with Crippen molar-refractivity contribution in [1.82, 2.24) is 14.8 Å². The van der Waals surface area contributed by atoms with Gasteiger partial charge in [0, 0.05) is 43.4 Å². The van der Waals surface area contributed by atoms with Gasteiger partial charge in [-0.05, 0) is 27.7 Å². The molecule has 1 aromatic rings. The number of thiazole rings is 1. The number of hydrogen-bond acceptors (Lipinski definition) is 4. The predicted octanol–water partition coefficient (Wildman–Crippen LogP) is 2.10. The van der Waals surface area contributed by atoms with Gasteiger partial charge in [-0.25, -0.2) is 4.98 Å². The Hall–Kier alpha value is -1.43. The molecule has 1 atom stereocenters. The summed E-state index contributed by atoms with van der Waals surface area (Å²) in [5.74, 6) is -0.0564. The highest BCUT2D eigenvalue weighted by atomic mass is 32.1. The summed E-state index contributed by atoms with van der Waals surface area (Å²) in [6.07, 6.45) is 1.16. The monoisotopic (exact) mass is 323 g/mol. The first-order chi connectivity index (χ1) is 10.2. The Morgan fingerprint density at radius 2 is 2.18 bits per heavy atom. The summed E-state index contributed by atoms with van der Waals surface area (Å²) < 4.78 is 0. The van der Waals surface area contributed by atoms with Crippen molar-refractivity contribution in [2.75, 3.05) is 20.1 Å². The van der Waals surface area contributed by atoms with Crippen LogP contribution in [0.25, 0.3) is 0 Å². The zero-order valence-electron chi connectivity index (χ0n) is 14.0. The average Bonchev–Trinajstić information content (AvgIpc) is 3.00. The van der Waals surface area contributed by atoms with E-state index >= 15 is 0 Å². The molecule has 0 N–H and O–H groups in total. The van der Waals surface area contributed by atoms with Gasteiger partial charge in [-0.15, -0.1) is 11.3 Å². The van der Waals surface area contributed by atoms with Crippen LogP contribution in [0.15, 0.2) is 5.51 Å². The Labute approximate surface area is 136 Å². The van der Waals surface area contributed by atoms with Gasteiger partial charge in [0.15, 0.2) is 0 Å². The second-order valence-electron chi connectivity index (χ2n) is 6.95. The molecule has 5 nitrogen and oxygen atoms in total. The molecule has 22 heavy (non-hydrogen) atoms. The highest BCUT2D eigenvalue weighted by molar-refractivity contribution is 7.09. The standard InChI is InChI=1S/C16H25N3O2S/c1-11-13(22-10-17-11)6-7-18(5)15(21)12-8-14(20)19(9-12)16(2,3)4/h10,12H,6-9H2,1-5H3. The zero-order valence-corrected chi connectivity index (χ0v) is 14.9. The third kappa shape index (κ3) is 3.66. The number of rotatable bonds is 4. The largest absolute Gasteiger partial charge is 0.345 e. The smallest absolute Gasteiger partial charge is 0.227 e.